The van der Waals surface area contributed by atoms with Crippen molar-refractivity contribution < 1.29 is 4.79 Å². The minimum Gasteiger partial charge on any atom is -0.307 e. The Bertz CT molecular complexity index is 1140. The normalized spacial score (nSPS) is 10.8. The number of benzene rings is 3. The molecule has 0 fully saturated rings. The lowest BCUT2D eigenvalue weighted by Gasteiger charge is -2.23. The second-order valence-electron chi connectivity index (χ2n) is 7.41. The SMILES string of the molecule is Cc1ccc(N(Cc2ccccc2)C(=O)CSc2nncn2-c2ccc(C)cc2)cc1. The van der Waals surface area contributed by atoms with Gasteiger partial charge in [0.2, 0.25) is 5.91 Å². The molecule has 0 N–H and O–H groups in total. The predicted molar refractivity (Wildman–Crippen MR) is 126 cm³/mol. The Labute approximate surface area is 186 Å². The Morgan fingerprint density at radius 2 is 1.55 bits per heavy atom. The lowest BCUT2D eigenvalue weighted by molar-refractivity contribution is -0.116. The van der Waals surface area contributed by atoms with Crippen LogP contribution in [0.2, 0.25) is 0 Å². The van der Waals surface area contributed by atoms with E-state index < -0.39 is 0 Å². The van der Waals surface area contributed by atoms with E-state index >= 15 is 0 Å². The molecule has 1 heterocycles. The molecule has 0 aliphatic heterocycles. The fraction of sp³-hybridized carbons (Fsp3) is 0.160. The van der Waals surface area contributed by atoms with E-state index in [-0.39, 0.29) is 11.7 Å². The van der Waals surface area contributed by atoms with Crippen LogP contribution in [-0.2, 0) is 11.3 Å². The predicted octanol–water partition coefficient (Wildman–Crippen LogP) is 5.21. The molecule has 0 aliphatic carbocycles. The van der Waals surface area contributed by atoms with E-state index in [4.69, 9.17) is 0 Å². The van der Waals surface area contributed by atoms with Crippen LogP contribution in [0.1, 0.15) is 16.7 Å². The summed E-state index contributed by atoms with van der Waals surface area (Å²) in [6.45, 7) is 4.62. The average molecular weight is 429 g/mol. The van der Waals surface area contributed by atoms with Gasteiger partial charge in [-0.05, 0) is 43.7 Å². The monoisotopic (exact) mass is 428 g/mol. The van der Waals surface area contributed by atoms with Crippen molar-refractivity contribution >= 4 is 23.4 Å². The van der Waals surface area contributed by atoms with Gasteiger partial charge in [0.25, 0.3) is 0 Å². The number of carbonyl (C=O) groups is 1. The second kappa shape index (κ2) is 9.62. The number of thioether (sulfide) groups is 1. The number of aromatic nitrogens is 3. The molecule has 0 saturated heterocycles. The summed E-state index contributed by atoms with van der Waals surface area (Å²) in [5.74, 6) is 0.293. The molecule has 0 radical (unpaired) electrons. The molecule has 0 unspecified atom stereocenters. The van der Waals surface area contributed by atoms with Crippen molar-refractivity contribution in [2.24, 2.45) is 0 Å². The summed E-state index contributed by atoms with van der Waals surface area (Å²) in [6, 6.07) is 26.2. The van der Waals surface area contributed by atoms with E-state index in [0.29, 0.717) is 11.7 Å². The Balaban J connectivity index is 1.52. The summed E-state index contributed by atoms with van der Waals surface area (Å²) < 4.78 is 1.91. The van der Waals surface area contributed by atoms with Crippen LogP contribution in [0.15, 0.2) is 90.3 Å². The van der Waals surface area contributed by atoms with Crippen molar-refractivity contribution in [1.29, 1.82) is 0 Å². The quantitative estimate of drug-likeness (QED) is 0.379. The Kier molecular flexibility index (Phi) is 6.48. The minimum absolute atomic E-state index is 0.0242. The Morgan fingerprint density at radius 1 is 0.903 bits per heavy atom. The lowest BCUT2D eigenvalue weighted by atomic mass is 10.1. The number of anilines is 1. The van der Waals surface area contributed by atoms with Gasteiger partial charge in [0.1, 0.15) is 6.33 Å². The van der Waals surface area contributed by atoms with Crippen LogP contribution in [0.25, 0.3) is 5.69 Å². The number of carbonyl (C=O) groups excluding carboxylic acids is 1. The molecule has 1 amide bonds. The van der Waals surface area contributed by atoms with Crippen LogP contribution in [0.3, 0.4) is 0 Å². The number of aryl methyl sites for hydroxylation is 2. The molecule has 0 aliphatic rings. The third kappa shape index (κ3) is 5.22. The number of hydrogen-bond acceptors (Lipinski definition) is 4. The van der Waals surface area contributed by atoms with Gasteiger partial charge in [-0.15, -0.1) is 10.2 Å². The fourth-order valence-corrected chi connectivity index (χ4v) is 4.03. The molecule has 6 heteroatoms. The van der Waals surface area contributed by atoms with Gasteiger partial charge < -0.3 is 4.90 Å². The molecule has 4 aromatic rings. The first-order valence-corrected chi connectivity index (χ1v) is 11.1. The van der Waals surface area contributed by atoms with E-state index in [0.717, 1.165) is 22.5 Å². The molecule has 0 atom stereocenters. The summed E-state index contributed by atoms with van der Waals surface area (Å²) in [6.07, 6.45) is 1.68. The van der Waals surface area contributed by atoms with Gasteiger partial charge in [-0.2, -0.15) is 0 Å². The first-order chi connectivity index (χ1) is 15.1. The first-order valence-electron chi connectivity index (χ1n) is 10.1. The molecule has 3 aromatic carbocycles. The molecule has 31 heavy (non-hydrogen) atoms. The molecule has 5 nitrogen and oxygen atoms in total. The number of amides is 1. The van der Waals surface area contributed by atoms with Crippen LogP contribution in [-0.4, -0.2) is 26.4 Å². The smallest absolute Gasteiger partial charge is 0.237 e. The van der Waals surface area contributed by atoms with E-state index in [1.807, 2.05) is 95.3 Å². The highest BCUT2D eigenvalue weighted by atomic mass is 32.2. The largest absolute Gasteiger partial charge is 0.307 e. The highest BCUT2D eigenvalue weighted by molar-refractivity contribution is 7.99. The van der Waals surface area contributed by atoms with E-state index in [1.165, 1.54) is 17.3 Å². The zero-order valence-corrected chi connectivity index (χ0v) is 18.4. The van der Waals surface area contributed by atoms with E-state index in [2.05, 4.69) is 17.1 Å². The van der Waals surface area contributed by atoms with Crippen LogP contribution in [0.5, 0.6) is 0 Å². The molecule has 0 saturated carbocycles. The summed E-state index contributed by atoms with van der Waals surface area (Å²) in [5, 5.41) is 8.96. The molecule has 1 aromatic heterocycles. The number of rotatable bonds is 7. The maximum Gasteiger partial charge on any atom is 0.237 e. The Hall–Kier alpha value is -3.38. The molecular formula is C25H24N4OS. The van der Waals surface area contributed by atoms with Crippen molar-refractivity contribution in [3.63, 3.8) is 0 Å². The summed E-state index contributed by atoms with van der Waals surface area (Å²) in [5.41, 5.74) is 5.31. The van der Waals surface area contributed by atoms with Crippen LogP contribution < -0.4 is 4.90 Å². The van der Waals surface area contributed by atoms with Gasteiger partial charge in [0.15, 0.2) is 5.16 Å². The van der Waals surface area contributed by atoms with Gasteiger partial charge in [-0.3, -0.25) is 9.36 Å². The zero-order chi connectivity index (χ0) is 21.6. The maximum absolute atomic E-state index is 13.3. The summed E-state index contributed by atoms with van der Waals surface area (Å²) >= 11 is 1.40. The van der Waals surface area contributed by atoms with Gasteiger partial charge in [0, 0.05) is 11.4 Å². The molecular weight excluding hydrogens is 404 g/mol. The molecule has 156 valence electrons. The molecule has 0 bridgehead atoms. The minimum atomic E-state index is 0.0242. The van der Waals surface area contributed by atoms with Crippen molar-refractivity contribution in [2.45, 2.75) is 25.5 Å². The van der Waals surface area contributed by atoms with Gasteiger partial charge in [-0.25, -0.2) is 0 Å². The third-order valence-corrected chi connectivity index (χ3v) is 5.91. The standard InChI is InChI=1S/C25H24N4OS/c1-19-8-12-22(13-9-19)28(16-21-6-4-3-5-7-21)24(30)17-31-25-27-26-18-29(25)23-14-10-20(2)11-15-23/h3-15,18H,16-17H2,1-2H3. The molecule has 0 spiro atoms. The third-order valence-electron chi connectivity index (χ3n) is 4.98. The topological polar surface area (TPSA) is 51.0 Å². The van der Waals surface area contributed by atoms with Crippen LogP contribution >= 0.6 is 11.8 Å². The van der Waals surface area contributed by atoms with Crippen molar-refractivity contribution in [1.82, 2.24) is 14.8 Å². The number of nitrogens with zero attached hydrogens (tertiary/aromatic N) is 4. The summed E-state index contributed by atoms with van der Waals surface area (Å²) in [7, 11) is 0. The van der Waals surface area contributed by atoms with Gasteiger partial charge in [0.05, 0.1) is 12.3 Å². The van der Waals surface area contributed by atoms with Crippen molar-refractivity contribution in [3.05, 3.63) is 102 Å². The van der Waals surface area contributed by atoms with Crippen molar-refractivity contribution in [2.75, 3.05) is 10.7 Å². The number of hydrogen-bond donors (Lipinski definition) is 0. The summed E-state index contributed by atoms with van der Waals surface area (Å²) in [4.78, 5) is 15.1. The first kappa shape index (κ1) is 20.9. The second-order valence-corrected chi connectivity index (χ2v) is 8.35. The van der Waals surface area contributed by atoms with Crippen LogP contribution in [0, 0.1) is 13.8 Å². The van der Waals surface area contributed by atoms with Gasteiger partial charge >= 0.3 is 0 Å². The lowest BCUT2D eigenvalue weighted by Crippen LogP contribution is -2.32. The highest BCUT2D eigenvalue weighted by Crippen LogP contribution is 2.23. The highest BCUT2D eigenvalue weighted by Gasteiger charge is 2.18. The average Bonchev–Trinajstić information content (AvgIpc) is 3.26. The van der Waals surface area contributed by atoms with E-state index in [1.54, 1.807) is 6.33 Å². The van der Waals surface area contributed by atoms with E-state index in [9.17, 15) is 4.79 Å². The van der Waals surface area contributed by atoms with Crippen LogP contribution in [0.4, 0.5) is 5.69 Å². The van der Waals surface area contributed by atoms with Gasteiger partial charge in [-0.1, -0.05) is 77.5 Å². The Morgan fingerprint density at radius 3 is 2.23 bits per heavy atom. The van der Waals surface area contributed by atoms with Crippen molar-refractivity contribution in [3.8, 4) is 5.69 Å². The maximum atomic E-state index is 13.3. The zero-order valence-electron chi connectivity index (χ0n) is 17.6. The molecule has 4 rings (SSSR count). The fourth-order valence-electron chi connectivity index (χ4n) is 3.22.